The molecule has 0 N–H and O–H groups in total. The fourth-order valence-electron chi connectivity index (χ4n) is 1.69. The summed E-state index contributed by atoms with van der Waals surface area (Å²) in [6.07, 6.45) is 4.05. The Bertz CT molecular complexity index is 172. The summed E-state index contributed by atoms with van der Waals surface area (Å²) in [7, 11) is 0. The number of nitrogens with zero attached hydrogens (tertiary/aromatic N) is 1. The van der Waals surface area contributed by atoms with Crippen molar-refractivity contribution in [3.63, 3.8) is 0 Å². The Morgan fingerprint density at radius 1 is 1.54 bits per heavy atom. The van der Waals surface area contributed by atoms with E-state index in [1.165, 1.54) is 6.42 Å². The lowest BCUT2D eigenvalue weighted by Crippen LogP contribution is -2.28. The fraction of sp³-hybridized carbons (Fsp3) is 0.900. The average Bonchev–Trinajstić information content (AvgIpc) is 2.52. The van der Waals surface area contributed by atoms with Gasteiger partial charge in [0.05, 0.1) is 0 Å². The second kappa shape index (κ2) is 5.63. The third kappa shape index (κ3) is 3.67. The van der Waals surface area contributed by atoms with Crippen LogP contribution in [-0.4, -0.2) is 29.2 Å². The van der Waals surface area contributed by atoms with E-state index in [1.54, 1.807) is 0 Å². The van der Waals surface area contributed by atoms with Gasteiger partial charge in [-0.1, -0.05) is 22.9 Å². The summed E-state index contributed by atoms with van der Waals surface area (Å²) >= 11 is 3.37. The summed E-state index contributed by atoms with van der Waals surface area (Å²) in [5.41, 5.74) is 0. The number of likely N-dealkylation sites (tertiary alicyclic amines) is 1. The van der Waals surface area contributed by atoms with Crippen LogP contribution in [0, 0.1) is 5.92 Å². The van der Waals surface area contributed by atoms with Gasteiger partial charge in [-0.05, 0) is 25.2 Å². The van der Waals surface area contributed by atoms with E-state index in [1.807, 2.05) is 4.90 Å². The molecule has 1 aliphatic rings. The van der Waals surface area contributed by atoms with Crippen LogP contribution >= 0.6 is 15.9 Å². The molecule has 0 aromatic heterocycles. The molecule has 1 rings (SSSR count). The topological polar surface area (TPSA) is 20.3 Å². The Hall–Kier alpha value is -0.0500. The molecule has 76 valence electrons. The molecule has 0 aliphatic carbocycles. The summed E-state index contributed by atoms with van der Waals surface area (Å²) in [5.74, 6) is 1.06. The van der Waals surface area contributed by atoms with E-state index in [9.17, 15) is 4.79 Å². The molecule has 13 heavy (non-hydrogen) atoms. The van der Waals surface area contributed by atoms with Crippen molar-refractivity contribution in [1.82, 2.24) is 4.90 Å². The molecule has 3 heteroatoms. The Labute approximate surface area is 88.8 Å². The Morgan fingerprint density at radius 3 is 2.85 bits per heavy atom. The highest BCUT2D eigenvalue weighted by Gasteiger charge is 2.22. The quantitative estimate of drug-likeness (QED) is 0.552. The smallest absolute Gasteiger partial charge is 0.222 e. The van der Waals surface area contributed by atoms with E-state index >= 15 is 0 Å². The van der Waals surface area contributed by atoms with E-state index in [4.69, 9.17) is 0 Å². The van der Waals surface area contributed by atoms with E-state index < -0.39 is 0 Å². The number of alkyl halides is 1. The van der Waals surface area contributed by atoms with Crippen LogP contribution in [0.5, 0.6) is 0 Å². The maximum Gasteiger partial charge on any atom is 0.222 e. The molecule has 1 unspecified atom stereocenters. The monoisotopic (exact) mass is 247 g/mol. The zero-order valence-electron chi connectivity index (χ0n) is 8.26. The van der Waals surface area contributed by atoms with E-state index in [2.05, 4.69) is 22.9 Å². The lowest BCUT2D eigenvalue weighted by Gasteiger charge is -2.15. The van der Waals surface area contributed by atoms with Gasteiger partial charge in [0.2, 0.25) is 5.91 Å². The van der Waals surface area contributed by atoms with Gasteiger partial charge in [-0.2, -0.15) is 0 Å². The first-order valence-corrected chi connectivity index (χ1v) is 6.20. The minimum Gasteiger partial charge on any atom is -0.342 e. The van der Waals surface area contributed by atoms with Gasteiger partial charge in [-0.3, -0.25) is 4.79 Å². The molecule has 0 aromatic rings. The van der Waals surface area contributed by atoms with Crippen LogP contribution in [0.15, 0.2) is 0 Å². The molecule has 1 saturated heterocycles. The van der Waals surface area contributed by atoms with Crippen LogP contribution in [0.3, 0.4) is 0 Å². The van der Waals surface area contributed by atoms with Crippen LogP contribution in [0.2, 0.25) is 0 Å². The van der Waals surface area contributed by atoms with Crippen molar-refractivity contribution in [3.05, 3.63) is 0 Å². The molecule has 0 bridgehead atoms. The average molecular weight is 248 g/mol. The van der Waals surface area contributed by atoms with Gasteiger partial charge in [0.25, 0.3) is 0 Å². The number of carbonyl (C=O) groups is 1. The maximum atomic E-state index is 11.6. The number of rotatable bonds is 4. The minimum atomic E-state index is 0.352. The minimum absolute atomic E-state index is 0.352. The number of halogens is 1. The fourth-order valence-corrected chi connectivity index (χ4v) is 2.09. The van der Waals surface area contributed by atoms with Crippen molar-refractivity contribution in [2.45, 2.75) is 32.6 Å². The van der Waals surface area contributed by atoms with Crippen molar-refractivity contribution < 1.29 is 4.79 Å². The van der Waals surface area contributed by atoms with Crippen LogP contribution < -0.4 is 0 Å². The molecular formula is C10H18BrNO. The lowest BCUT2D eigenvalue weighted by atomic mass is 10.2. The SMILES string of the molecule is CC1CCN(C(=O)CCCCBr)C1. The van der Waals surface area contributed by atoms with Gasteiger partial charge in [0.1, 0.15) is 0 Å². The first kappa shape index (κ1) is 11.0. The molecule has 0 saturated carbocycles. The molecule has 0 aromatic carbocycles. The molecule has 1 heterocycles. The van der Waals surface area contributed by atoms with Gasteiger partial charge in [0.15, 0.2) is 0 Å². The van der Waals surface area contributed by atoms with Crippen molar-refractivity contribution in [2.24, 2.45) is 5.92 Å². The highest BCUT2D eigenvalue weighted by Crippen LogP contribution is 2.16. The first-order chi connectivity index (χ1) is 6.24. The number of carbonyl (C=O) groups excluding carboxylic acids is 1. The summed E-state index contributed by atoms with van der Waals surface area (Å²) in [5, 5.41) is 1.01. The predicted octanol–water partition coefficient (Wildman–Crippen LogP) is 2.42. The van der Waals surface area contributed by atoms with Gasteiger partial charge in [-0.25, -0.2) is 0 Å². The molecule has 0 spiro atoms. The molecule has 0 radical (unpaired) electrons. The van der Waals surface area contributed by atoms with Crippen LogP contribution in [-0.2, 0) is 4.79 Å². The summed E-state index contributed by atoms with van der Waals surface area (Å²) in [6, 6.07) is 0. The zero-order chi connectivity index (χ0) is 9.68. The number of hydrogen-bond donors (Lipinski definition) is 0. The zero-order valence-corrected chi connectivity index (χ0v) is 9.85. The van der Waals surface area contributed by atoms with Gasteiger partial charge < -0.3 is 4.90 Å². The molecule has 1 atom stereocenters. The highest BCUT2D eigenvalue weighted by molar-refractivity contribution is 9.09. The van der Waals surface area contributed by atoms with Crippen molar-refractivity contribution in [3.8, 4) is 0 Å². The van der Waals surface area contributed by atoms with Crippen molar-refractivity contribution in [1.29, 1.82) is 0 Å². The van der Waals surface area contributed by atoms with Crippen LogP contribution in [0.25, 0.3) is 0 Å². The maximum absolute atomic E-state index is 11.6. The third-order valence-electron chi connectivity index (χ3n) is 2.55. The number of hydrogen-bond acceptors (Lipinski definition) is 1. The standard InChI is InChI=1S/C10H18BrNO/c1-9-5-7-12(8-9)10(13)4-2-3-6-11/h9H,2-8H2,1H3. The molecule has 1 fully saturated rings. The Morgan fingerprint density at radius 2 is 2.31 bits per heavy atom. The molecule has 1 aliphatic heterocycles. The lowest BCUT2D eigenvalue weighted by molar-refractivity contribution is -0.130. The van der Waals surface area contributed by atoms with E-state index in [0.717, 1.165) is 37.7 Å². The van der Waals surface area contributed by atoms with E-state index in [-0.39, 0.29) is 0 Å². The third-order valence-corrected chi connectivity index (χ3v) is 3.11. The number of unbranched alkanes of at least 4 members (excludes halogenated alkanes) is 1. The second-order valence-corrected chi connectivity index (χ2v) is 4.67. The van der Waals surface area contributed by atoms with Crippen LogP contribution in [0.4, 0.5) is 0 Å². The summed E-state index contributed by atoms with van der Waals surface area (Å²) < 4.78 is 0. The van der Waals surface area contributed by atoms with Crippen LogP contribution in [0.1, 0.15) is 32.6 Å². The summed E-state index contributed by atoms with van der Waals surface area (Å²) in [6.45, 7) is 4.17. The second-order valence-electron chi connectivity index (χ2n) is 3.88. The van der Waals surface area contributed by atoms with Gasteiger partial charge in [-0.15, -0.1) is 0 Å². The van der Waals surface area contributed by atoms with Crippen molar-refractivity contribution >= 4 is 21.8 Å². The van der Waals surface area contributed by atoms with Crippen molar-refractivity contribution in [2.75, 3.05) is 18.4 Å². The highest BCUT2D eigenvalue weighted by atomic mass is 79.9. The molecule has 1 amide bonds. The largest absolute Gasteiger partial charge is 0.342 e. The molecule has 2 nitrogen and oxygen atoms in total. The van der Waals surface area contributed by atoms with E-state index in [0.29, 0.717) is 11.8 Å². The van der Waals surface area contributed by atoms with Gasteiger partial charge in [0, 0.05) is 24.8 Å². The van der Waals surface area contributed by atoms with Gasteiger partial charge >= 0.3 is 0 Å². The number of amides is 1. The molecular weight excluding hydrogens is 230 g/mol. The summed E-state index contributed by atoms with van der Waals surface area (Å²) in [4.78, 5) is 13.6. The Kier molecular flexibility index (Phi) is 4.78. The first-order valence-electron chi connectivity index (χ1n) is 5.07. The predicted molar refractivity (Wildman–Crippen MR) is 58.0 cm³/mol. The Balaban J connectivity index is 2.16. The normalized spacial score (nSPS) is 22.3.